The van der Waals surface area contributed by atoms with Crippen LogP contribution in [0.2, 0.25) is 0 Å². The van der Waals surface area contributed by atoms with Gasteiger partial charge in [-0.05, 0) is 42.3 Å². The average Bonchev–Trinajstić information content (AvgIpc) is 3.27. The number of hydrogen-bond donors (Lipinski definition) is 2. The van der Waals surface area contributed by atoms with Crippen LogP contribution < -0.4 is 15.2 Å². The second-order valence-corrected chi connectivity index (χ2v) is 8.09. The molecule has 0 spiro atoms. The van der Waals surface area contributed by atoms with E-state index in [9.17, 15) is 9.65 Å². The number of nitriles is 1. The number of benzene rings is 3. The number of ether oxygens (including phenoxy) is 2. The quantitative estimate of drug-likeness (QED) is 0.427. The van der Waals surface area contributed by atoms with Crippen LogP contribution in [0.5, 0.6) is 11.6 Å². The molecule has 1 unspecified atom stereocenters. The van der Waals surface area contributed by atoms with Gasteiger partial charge in [0.15, 0.2) is 0 Å². The molecule has 0 fully saturated rings. The number of halogens is 1. The Hall–Kier alpha value is -4.57. The summed E-state index contributed by atoms with van der Waals surface area (Å²) in [5, 5.41) is 17.3. The van der Waals surface area contributed by atoms with E-state index < -0.39 is 5.92 Å². The number of rotatable bonds is 5. The third-order valence-electron chi connectivity index (χ3n) is 5.81. The SMILES string of the molecule is Cc1ccc(-c2[nH]nc3c2C(c2ccc(OCc4ccc(F)cc4)cc2)C(C#N)=C(N)O3)cc1. The minimum absolute atomic E-state index is 0.0404. The first-order valence-electron chi connectivity index (χ1n) is 10.7. The van der Waals surface area contributed by atoms with Crippen molar-refractivity contribution in [2.24, 2.45) is 5.73 Å². The summed E-state index contributed by atoms with van der Waals surface area (Å²) in [6.45, 7) is 2.34. The maximum atomic E-state index is 13.1. The fraction of sp³-hybridized carbons (Fsp3) is 0.111. The van der Waals surface area contributed by atoms with Gasteiger partial charge < -0.3 is 15.2 Å². The van der Waals surface area contributed by atoms with Crippen LogP contribution in [0.4, 0.5) is 4.39 Å². The largest absolute Gasteiger partial charge is 0.489 e. The van der Waals surface area contributed by atoms with E-state index in [1.807, 2.05) is 55.5 Å². The molecule has 168 valence electrons. The van der Waals surface area contributed by atoms with Gasteiger partial charge in [0.25, 0.3) is 0 Å². The zero-order valence-corrected chi connectivity index (χ0v) is 18.4. The lowest BCUT2D eigenvalue weighted by atomic mass is 9.83. The Labute approximate surface area is 196 Å². The molecule has 3 aromatic carbocycles. The van der Waals surface area contributed by atoms with Crippen LogP contribution in [0.3, 0.4) is 0 Å². The number of nitrogens with zero attached hydrogens (tertiary/aromatic N) is 2. The van der Waals surface area contributed by atoms with Crippen molar-refractivity contribution in [3.05, 3.63) is 112 Å². The number of nitrogens with two attached hydrogens (primary N) is 1. The third kappa shape index (κ3) is 3.97. The Morgan fingerprint density at radius 1 is 1.06 bits per heavy atom. The Kier molecular flexibility index (Phi) is 5.48. The Morgan fingerprint density at radius 3 is 2.44 bits per heavy atom. The van der Waals surface area contributed by atoms with Gasteiger partial charge in [-0.2, -0.15) is 5.26 Å². The molecule has 0 bridgehead atoms. The molecule has 7 heteroatoms. The van der Waals surface area contributed by atoms with Gasteiger partial charge in [0.05, 0.1) is 17.2 Å². The normalized spacial score (nSPS) is 14.8. The monoisotopic (exact) mass is 452 g/mol. The number of hydrogen-bond acceptors (Lipinski definition) is 5. The molecular formula is C27H21FN4O2. The fourth-order valence-corrected chi connectivity index (χ4v) is 4.02. The molecule has 0 aliphatic carbocycles. The molecule has 2 heterocycles. The molecule has 1 aromatic heterocycles. The maximum absolute atomic E-state index is 13.1. The van der Waals surface area contributed by atoms with Crippen LogP contribution in [0.25, 0.3) is 11.3 Å². The summed E-state index contributed by atoms with van der Waals surface area (Å²) >= 11 is 0. The number of fused-ring (bicyclic) bond motifs is 1. The van der Waals surface area contributed by atoms with Crippen molar-refractivity contribution in [2.75, 3.05) is 0 Å². The number of allylic oxidation sites excluding steroid dienone is 1. The van der Waals surface area contributed by atoms with Crippen LogP contribution in [-0.2, 0) is 6.61 Å². The molecule has 1 aliphatic heterocycles. The number of aromatic amines is 1. The summed E-state index contributed by atoms with van der Waals surface area (Å²) in [4.78, 5) is 0. The summed E-state index contributed by atoms with van der Waals surface area (Å²) in [6, 6.07) is 23.9. The third-order valence-corrected chi connectivity index (χ3v) is 5.81. The van der Waals surface area contributed by atoms with E-state index in [-0.39, 0.29) is 11.7 Å². The number of nitrogens with one attached hydrogen (secondary N) is 1. The van der Waals surface area contributed by atoms with Crippen molar-refractivity contribution < 1.29 is 13.9 Å². The average molecular weight is 452 g/mol. The highest BCUT2D eigenvalue weighted by Gasteiger charge is 2.35. The lowest BCUT2D eigenvalue weighted by Crippen LogP contribution is -2.21. The summed E-state index contributed by atoms with van der Waals surface area (Å²) in [5.74, 6) is 0.317. The molecule has 1 atom stereocenters. The van der Waals surface area contributed by atoms with E-state index in [1.54, 1.807) is 12.1 Å². The maximum Gasteiger partial charge on any atom is 0.244 e. The predicted octanol–water partition coefficient (Wildman–Crippen LogP) is 5.32. The minimum atomic E-state index is -0.449. The van der Waals surface area contributed by atoms with E-state index in [2.05, 4.69) is 16.3 Å². The molecule has 3 N–H and O–H groups in total. The fourth-order valence-electron chi connectivity index (χ4n) is 4.02. The van der Waals surface area contributed by atoms with Crippen molar-refractivity contribution in [3.8, 4) is 29.0 Å². The van der Waals surface area contributed by atoms with Gasteiger partial charge >= 0.3 is 0 Å². The lowest BCUT2D eigenvalue weighted by Gasteiger charge is -2.24. The number of aryl methyl sites for hydroxylation is 1. The second kappa shape index (κ2) is 8.75. The topological polar surface area (TPSA) is 97.0 Å². The second-order valence-electron chi connectivity index (χ2n) is 8.09. The van der Waals surface area contributed by atoms with Crippen LogP contribution in [0, 0.1) is 24.1 Å². The predicted molar refractivity (Wildman–Crippen MR) is 125 cm³/mol. The van der Waals surface area contributed by atoms with E-state index in [0.29, 0.717) is 23.8 Å². The zero-order chi connectivity index (χ0) is 23.7. The first-order chi connectivity index (χ1) is 16.5. The lowest BCUT2D eigenvalue weighted by molar-refractivity contribution is 0.306. The van der Waals surface area contributed by atoms with Crippen LogP contribution in [-0.4, -0.2) is 10.2 Å². The molecule has 0 amide bonds. The van der Waals surface area contributed by atoms with Gasteiger partial charge in [-0.1, -0.05) is 54.1 Å². The van der Waals surface area contributed by atoms with E-state index in [4.69, 9.17) is 15.2 Å². The van der Waals surface area contributed by atoms with Gasteiger partial charge in [-0.15, -0.1) is 5.10 Å². The number of H-pyrrole nitrogens is 1. The minimum Gasteiger partial charge on any atom is -0.489 e. The van der Waals surface area contributed by atoms with Gasteiger partial charge in [-0.3, -0.25) is 5.10 Å². The van der Waals surface area contributed by atoms with Crippen molar-refractivity contribution in [3.63, 3.8) is 0 Å². The molecule has 4 aromatic rings. The first-order valence-corrected chi connectivity index (χ1v) is 10.7. The van der Waals surface area contributed by atoms with Crippen LogP contribution >= 0.6 is 0 Å². The highest BCUT2D eigenvalue weighted by molar-refractivity contribution is 5.71. The first kappa shape index (κ1) is 21.3. The van der Waals surface area contributed by atoms with Crippen molar-refractivity contribution >= 4 is 0 Å². The van der Waals surface area contributed by atoms with Crippen molar-refractivity contribution in [1.29, 1.82) is 5.26 Å². The summed E-state index contributed by atoms with van der Waals surface area (Å²) in [6.07, 6.45) is 0. The Balaban J connectivity index is 1.48. The molecule has 34 heavy (non-hydrogen) atoms. The van der Waals surface area contributed by atoms with Gasteiger partial charge in [0.1, 0.15) is 29.8 Å². The molecule has 0 saturated heterocycles. The number of aromatic nitrogens is 2. The van der Waals surface area contributed by atoms with Crippen molar-refractivity contribution in [2.45, 2.75) is 19.4 Å². The molecular weight excluding hydrogens is 431 g/mol. The summed E-state index contributed by atoms with van der Waals surface area (Å²) in [7, 11) is 0. The summed E-state index contributed by atoms with van der Waals surface area (Å²) in [5.41, 5.74) is 11.7. The molecule has 0 saturated carbocycles. The zero-order valence-electron chi connectivity index (χ0n) is 18.4. The van der Waals surface area contributed by atoms with Crippen molar-refractivity contribution in [1.82, 2.24) is 10.2 Å². The van der Waals surface area contributed by atoms with Crippen LogP contribution in [0.15, 0.2) is 84.3 Å². The van der Waals surface area contributed by atoms with E-state index in [0.717, 1.165) is 33.5 Å². The standard InChI is InChI=1S/C27H21FN4O2/c1-16-2-6-19(7-3-16)25-24-23(22(14-29)26(30)34-27(24)32-31-25)18-8-12-21(13-9-18)33-15-17-4-10-20(28)11-5-17/h2-13,23H,15,30H2,1H3,(H,31,32). The smallest absolute Gasteiger partial charge is 0.244 e. The Morgan fingerprint density at radius 2 is 1.76 bits per heavy atom. The van der Waals surface area contributed by atoms with Gasteiger partial charge in [-0.25, -0.2) is 4.39 Å². The van der Waals surface area contributed by atoms with E-state index >= 15 is 0 Å². The molecule has 0 radical (unpaired) electrons. The molecule has 1 aliphatic rings. The Bertz CT molecular complexity index is 1400. The van der Waals surface area contributed by atoms with E-state index in [1.165, 1.54) is 12.1 Å². The summed E-state index contributed by atoms with van der Waals surface area (Å²) < 4.78 is 24.6. The van der Waals surface area contributed by atoms with Gasteiger partial charge in [0, 0.05) is 5.56 Å². The van der Waals surface area contributed by atoms with Gasteiger partial charge in [0.2, 0.25) is 11.8 Å². The molecule has 6 nitrogen and oxygen atoms in total. The van der Waals surface area contributed by atoms with Crippen LogP contribution in [0.1, 0.15) is 28.2 Å². The highest BCUT2D eigenvalue weighted by Crippen LogP contribution is 2.45. The molecule has 5 rings (SSSR count). The highest BCUT2D eigenvalue weighted by atomic mass is 19.1.